The topological polar surface area (TPSA) is 79.4 Å². The van der Waals surface area contributed by atoms with Gasteiger partial charge in [0.2, 0.25) is 0 Å². The first-order chi connectivity index (χ1) is 13.7. The molecule has 0 saturated heterocycles. The summed E-state index contributed by atoms with van der Waals surface area (Å²) in [5.74, 6) is 0.311. The van der Waals surface area contributed by atoms with Gasteiger partial charge in [0, 0.05) is 11.1 Å². The molecule has 0 atom stereocenters. The Morgan fingerprint density at radius 1 is 1.04 bits per heavy atom. The van der Waals surface area contributed by atoms with Crippen molar-refractivity contribution in [2.24, 2.45) is 5.10 Å². The predicted octanol–water partition coefficient (Wildman–Crippen LogP) is 4.00. The van der Waals surface area contributed by atoms with Crippen LogP contribution < -0.4 is 10.2 Å². The number of H-pyrrole nitrogens is 1. The average Bonchev–Trinajstić information content (AvgIpc) is 3.24. The number of carbonyl (C=O) groups excluding carboxylic acids is 1. The van der Waals surface area contributed by atoms with Crippen LogP contribution in [0.3, 0.4) is 0 Å². The number of rotatable bonds is 5. The molecular weight excluding hydrogens is 352 g/mol. The van der Waals surface area contributed by atoms with Crippen molar-refractivity contribution in [2.75, 3.05) is 7.11 Å². The summed E-state index contributed by atoms with van der Waals surface area (Å²) < 4.78 is 5.25. The zero-order chi connectivity index (χ0) is 19.3. The van der Waals surface area contributed by atoms with E-state index in [1.807, 2.05) is 60.7 Å². The van der Waals surface area contributed by atoms with E-state index in [2.05, 4.69) is 26.8 Å². The van der Waals surface area contributed by atoms with Gasteiger partial charge in [-0.15, -0.1) is 0 Å². The highest BCUT2D eigenvalue weighted by molar-refractivity contribution is 5.95. The Morgan fingerprint density at radius 2 is 1.82 bits per heavy atom. The van der Waals surface area contributed by atoms with Crippen LogP contribution in [0.4, 0.5) is 0 Å². The third-order valence-electron chi connectivity index (χ3n) is 4.38. The van der Waals surface area contributed by atoms with Crippen molar-refractivity contribution in [1.29, 1.82) is 0 Å². The Hall–Kier alpha value is -3.93. The SMILES string of the molecule is COc1ccccc1C=NNC(=O)c1cc(-c2ccc3ccccc3c2)n[nH]1. The van der Waals surface area contributed by atoms with Gasteiger partial charge in [-0.05, 0) is 35.0 Å². The van der Waals surface area contributed by atoms with Crippen LogP contribution in [0.2, 0.25) is 0 Å². The standard InChI is InChI=1S/C22H18N4O2/c1-28-21-9-5-4-8-18(21)14-23-26-22(27)20-13-19(24-25-20)17-11-10-15-6-2-3-7-16(15)12-17/h2-14H,1H3,(H,24,25)(H,26,27). The number of fused-ring (bicyclic) bond motifs is 1. The van der Waals surface area contributed by atoms with Crippen LogP contribution in [-0.2, 0) is 0 Å². The minimum Gasteiger partial charge on any atom is -0.496 e. The summed E-state index contributed by atoms with van der Waals surface area (Å²) in [6.45, 7) is 0. The summed E-state index contributed by atoms with van der Waals surface area (Å²) >= 11 is 0. The molecule has 3 aromatic carbocycles. The molecule has 0 radical (unpaired) electrons. The van der Waals surface area contributed by atoms with Gasteiger partial charge in [0.25, 0.3) is 5.91 Å². The Balaban J connectivity index is 1.48. The lowest BCUT2D eigenvalue weighted by Crippen LogP contribution is -2.18. The fourth-order valence-corrected chi connectivity index (χ4v) is 2.93. The highest BCUT2D eigenvalue weighted by Crippen LogP contribution is 2.23. The van der Waals surface area contributed by atoms with Crippen molar-refractivity contribution in [2.45, 2.75) is 0 Å². The number of carbonyl (C=O) groups is 1. The molecule has 6 heteroatoms. The zero-order valence-corrected chi connectivity index (χ0v) is 15.2. The van der Waals surface area contributed by atoms with Crippen LogP contribution in [0.25, 0.3) is 22.0 Å². The Labute approximate surface area is 161 Å². The third-order valence-corrected chi connectivity index (χ3v) is 4.38. The number of aromatic nitrogens is 2. The van der Waals surface area contributed by atoms with Gasteiger partial charge < -0.3 is 4.74 Å². The fourth-order valence-electron chi connectivity index (χ4n) is 2.93. The number of nitrogens with zero attached hydrogens (tertiary/aromatic N) is 2. The van der Waals surface area contributed by atoms with Crippen LogP contribution in [0.15, 0.2) is 77.9 Å². The van der Waals surface area contributed by atoms with E-state index in [1.165, 1.54) is 6.21 Å². The number of hydrazone groups is 1. The van der Waals surface area contributed by atoms with Gasteiger partial charge in [0.05, 0.1) is 19.0 Å². The maximum Gasteiger partial charge on any atom is 0.289 e. The molecule has 0 fully saturated rings. The monoisotopic (exact) mass is 370 g/mol. The maximum absolute atomic E-state index is 12.3. The van der Waals surface area contributed by atoms with E-state index in [4.69, 9.17) is 4.74 Å². The zero-order valence-electron chi connectivity index (χ0n) is 15.2. The minimum absolute atomic E-state index is 0.334. The number of nitrogens with one attached hydrogen (secondary N) is 2. The number of benzene rings is 3. The van der Waals surface area contributed by atoms with E-state index in [-0.39, 0.29) is 5.91 Å². The highest BCUT2D eigenvalue weighted by atomic mass is 16.5. The fraction of sp³-hybridized carbons (Fsp3) is 0.0455. The van der Waals surface area contributed by atoms with Crippen molar-refractivity contribution < 1.29 is 9.53 Å². The average molecular weight is 370 g/mol. The van der Waals surface area contributed by atoms with E-state index < -0.39 is 0 Å². The third kappa shape index (κ3) is 3.61. The maximum atomic E-state index is 12.3. The van der Waals surface area contributed by atoms with Gasteiger partial charge in [-0.1, -0.05) is 48.5 Å². The van der Waals surface area contributed by atoms with Crippen LogP contribution >= 0.6 is 0 Å². The molecule has 0 aliphatic carbocycles. The summed E-state index contributed by atoms with van der Waals surface area (Å²) in [4.78, 5) is 12.3. The van der Waals surface area contributed by atoms with Crippen LogP contribution in [0, 0.1) is 0 Å². The van der Waals surface area contributed by atoms with Crippen LogP contribution in [-0.4, -0.2) is 29.4 Å². The minimum atomic E-state index is -0.370. The second-order valence-corrected chi connectivity index (χ2v) is 6.17. The number of para-hydroxylation sites is 1. The molecule has 1 amide bonds. The van der Waals surface area contributed by atoms with Gasteiger partial charge in [-0.3, -0.25) is 9.89 Å². The van der Waals surface area contributed by atoms with Crippen LogP contribution in [0.1, 0.15) is 16.1 Å². The molecule has 0 bridgehead atoms. The molecule has 0 unspecified atom stereocenters. The van der Waals surface area contributed by atoms with E-state index in [1.54, 1.807) is 13.2 Å². The summed E-state index contributed by atoms with van der Waals surface area (Å²) in [5, 5.41) is 13.3. The van der Waals surface area contributed by atoms with Gasteiger partial charge in [-0.2, -0.15) is 10.2 Å². The number of hydrogen-bond donors (Lipinski definition) is 2. The molecule has 28 heavy (non-hydrogen) atoms. The number of aromatic amines is 1. The van der Waals surface area contributed by atoms with E-state index in [9.17, 15) is 4.79 Å². The molecule has 4 rings (SSSR count). The van der Waals surface area contributed by atoms with Gasteiger partial charge in [-0.25, -0.2) is 5.43 Å². The summed E-state index contributed by atoms with van der Waals surface area (Å²) in [5.41, 5.74) is 5.24. The second kappa shape index (κ2) is 7.75. The number of ether oxygens (including phenoxy) is 1. The molecule has 4 aromatic rings. The summed E-state index contributed by atoms with van der Waals surface area (Å²) in [7, 11) is 1.59. The lowest BCUT2D eigenvalue weighted by Gasteiger charge is -2.02. The molecule has 0 saturated carbocycles. The quantitative estimate of drug-likeness (QED) is 0.412. The highest BCUT2D eigenvalue weighted by Gasteiger charge is 2.11. The van der Waals surface area contributed by atoms with Crippen molar-refractivity contribution in [3.8, 4) is 17.0 Å². The molecule has 138 valence electrons. The molecular formula is C22H18N4O2. The Kier molecular flexibility index (Phi) is 4.84. The van der Waals surface area contributed by atoms with Gasteiger partial charge in [0.1, 0.15) is 11.4 Å². The van der Waals surface area contributed by atoms with Crippen molar-refractivity contribution in [1.82, 2.24) is 15.6 Å². The first-order valence-corrected chi connectivity index (χ1v) is 8.75. The number of methoxy groups -OCH3 is 1. The predicted molar refractivity (Wildman–Crippen MR) is 110 cm³/mol. The summed E-state index contributed by atoms with van der Waals surface area (Å²) in [6, 6.07) is 23.3. The van der Waals surface area contributed by atoms with E-state index in [0.717, 1.165) is 21.9 Å². The summed E-state index contributed by atoms with van der Waals surface area (Å²) in [6.07, 6.45) is 1.54. The molecule has 1 heterocycles. The van der Waals surface area contributed by atoms with Crippen molar-refractivity contribution >= 4 is 22.9 Å². The smallest absolute Gasteiger partial charge is 0.289 e. The van der Waals surface area contributed by atoms with Gasteiger partial charge in [0.15, 0.2) is 0 Å². The molecule has 1 aromatic heterocycles. The molecule has 0 aliphatic heterocycles. The van der Waals surface area contributed by atoms with Crippen molar-refractivity contribution in [3.05, 3.63) is 84.1 Å². The molecule has 2 N–H and O–H groups in total. The van der Waals surface area contributed by atoms with E-state index >= 15 is 0 Å². The first kappa shape index (κ1) is 17.5. The number of amides is 1. The van der Waals surface area contributed by atoms with Gasteiger partial charge >= 0.3 is 0 Å². The molecule has 0 aliphatic rings. The first-order valence-electron chi connectivity index (χ1n) is 8.75. The lowest BCUT2D eigenvalue weighted by molar-refractivity contribution is 0.0950. The number of hydrogen-bond acceptors (Lipinski definition) is 4. The van der Waals surface area contributed by atoms with E-state index in [0.29, 0.717) is 17.1 Å². The Morgan fingerprint density at radius 3 is 2.68 bits per heavy atom. The molecule has 6 nitrogen and oxygen atoms in total. The normalized spacial score (nSPS) is 11.0. The Bertz CT molecular complexity index is 1160. The lowest BCUT2D eigenvalue weighted by atomic mass is 10.1. The largest absolute Gasteiger partial charge is 0.496 e. The van der Waals surface area contributed by atoms with Crippen molar-refractivity contribution in [3.63, 3.8) is 0 Å². The molecule has 0 spiro atoms. The van der Waals surface area contributed by atoms with Crippen LogP contribution in [0.5, 0.6) is 5.75 Å². The second-order valence-electron chi connectivity index (χ2n) is 6.17.